The Hall–Kier alpha value is -3.96. The average Bonchev–Trinajstić information content (AvgIpc) is 3.65. The average molecular weight is 523 g/mol. The quantitative estimate of drug-likeness (QED) is 0.318. The Bertz CT molecular complexity index is 1520. The summed E-state index contributed by atoms with van der Waals surface area (Å²) in [6.07, 6.45) is 1.66. The van der Waals surface area contributed by atoms with Crippen LogP contribution in [0.25, 0.3) is 16.9 Å². The molecule has 1 atom stereocenters. The van der Waals surface area contributed by atoms with E-state index in [-0.39, 0.29) is 24.2 Å². The molecule has 1 aromatic carbocycles. The third-order valence-electron chi connectivity index (χ3n) is 6.95. The number of alkyl halides is 2. The monoisotopic (exact) mass is 522 g/mol. The summed E-state index contributed by atoms with van der Waals surface area (Å²) in [4.78, 5) is 21.9. The van der Waals surface area contributed by atoms with E-state index in [1.54, 1.807) is 22.9 Å². The normalized spacial score (nSPS) is 16.8. The standard InChI is InChI=1S/C27H25F3N6O2/c28-16-5-7-36-22(12-32-25(36)9-16)18-1-3-20(26-19(18)10-33-27(26)37)34-24-4-2-17(15-6-8-38-14-15)21(35-24)11-31-13-23(29)30/h1-5,7,9,12,15,23,31H,6,8,10-11,13-14H2,(H,33,37)(H,34,35)/t15-/m0/s1. The zero-order valence-electron chi connectivity index (χ0n) is 20.3. The number of rotatable bonds is 8. The molecule has 3 aromatic heterocycles. The van der Waals surface area contributed by atoms with Crippen LogP contribution in [0.2, 0.25) is 0 Å². The Balaban J connectivity index is 1.34. The molecule has 0 aliphatic carbocycles. The van der Waals surface area contributed by atoms with E-state index in [4.69, 9.17) is 9.72 Å². The second-order valence-corrected chi connectivity index (χ2v) is 9.35. The van der Waals surface area contributed by atoms with E-state index in [9.17, 15) is 18.0 Å². The summed E-state index contributed by atoms with van der Waals surface area (Å²) in [5, 5.41) is 8.91. The molecule has 1 fully saturated rings. The first-order chi connectivity index (χ1) is 18.5. The summed E-state index contributed by atoms with van der Waals surface area (Å²) in [7, 11) is 0. The van der Waals surface area contributed by atoms with Gasteiger partial charge in [-0.15, -0.1) is 0 Å². The maximum Gasteiger partial charge on any atom is 0.254 e. The summed E-state index contributed by atoms with van der Waals surface area (Å²) in [5.74, 6) is 0.0661. The smallest absolute Gasteiger partial charge is 0.254 e. The van der Waals surface area contributed by atoms with Crippen molar-refractivity contribution in [1.82, 2.24) is 25.0 Å². The number of halogens is 3. The van der Waals surface area contributed by atoms with Gasteiger partial charge in [0.25, 0.3) is 12.3 Å². The van der Waals surface area contributed by atoms with Crippen molar-refractivity contribution < 1.29 is 22.7 Å². The Kier molecular flexibility index (Phi) is 6.46. The van der Waals surface area contributed by atoms with Crippen LogP contribution in [0.4, 0.5) is 24.7 Å². The van der Waals surface area contributed by atoms with Gasteiger partial charge in [-0.25, -0.2) is 23.1 Å². The number of pyridine rings is 2. The number of nitrogens with one attached hydrogen (secondary N) is 3. The minimum atomic E-state index is -2.46. The van der Waals surface area contributed by atoms with Crippen molar-refractivity contribution in [1.29, 1.82) is 0 Å². The molecule has 6 rings (SSSR count). The Morgan fingerprint density at radius 3 is 2.92 bits per heavy atom. The minimum absolute atomic E-state index is 0.160. The van der Waals surface area contributed by atoms with Crippen molar-refractivity contribution in [3.8, 4) is 11.3 Å². The fourth-order valence-electron chi connectivity index (χ4n) is 5.16. The number of imidazole rings is 1. The van der Waals surface area contributed by atoms with Crippen molar-refractivity contribution in [2.75, 3.05) is 25.1 Å². The molecule has 3 N–H and O–H groups in total. The van der Waals surface area contributed by atoms with Gasteiger partial charge in [0.1, 0.15) is 17.3 Å². The van der Waals surface area contributed by atoms with Gasteiger partial charge in [0, 0.05) is 43.4 Å². The highest BCUT2D eigenvalue weighted by Crippen LogP contribution is 2.36. The number of hydrogen-bond donors (Lipinski definition) is 3. The van der Waals surface area contributed by atoms with Gasteiger partial charge in [-0.3, -0.25) is 9.20 Å². The predicted molar refractivity (Wildman–Crippen MR) is 135 cm³/mol. The molecule has 4 aromatic rings. The minimum Gasteiger partial charge on any atom is -0.381 e. The highest BCUT2D eigenvalue weighted by Gasteiger charge is 2.28. The van der Waals surface area contributed by atoms with Gasteiger partial charge in [0.2, 0.25) is 0 Å². The second-order valence-electron chi connectivity index (χ2n) is 9.35. The van der Waals surface area contributed by atoms with E-state index in [1.165, 1.54) is 12.1 Å². The number of carbonyl (C=O) groups is 1. The van der Waals surface area contributed by atoms with Crippen LogP contribution in [-0.2, 0) is 17.8 Å². The van der Waals surface area contributed by atoms with Crippen molar-refractivity contribution in [2.24, 2.45) is 0 Å². The summed E-state index contributed by atoms with van der Waals surface area (Å²) in [5.41, 5.74) is 5.53. The predicted octanol–water partition coefficient (Wildman–Crippen LogP) is 4.38. The summed E-state index contributed by atoms with van der Waals surface area (Å²) >= 11 is 0. The van der Waals surface area contributed by atoms with Crippen LogP contribution in [-0.4, -0.2) is 46.5 Å². The SMILES string of the molecule is O=C1NCc2c(-c3cnc4cc(F)ccn34)ccc(Nc3ccc([C@H]4CCOC4)c(CNCC(F)F)n3)c21. The number of benzene rings is 1. The van der Waals surface area contributed by atoms with E-state index in [0.29, 0.717) is 48.2 Å². The molecule has 0 unspecified atom stereocenters. The van der Waals surface area contributed by atoms with Crippen molar-refractivity contribution >= 4 is 23.1 Å². The molecule has 8 nitrogen and oxygen atoms in total. The highest BCUT2D eigenvalue weighted by atomic mass is 19.3. The first-order valence-electron chi connectivity index (χ1n) is 12.4. The fourth-order valence-corrected chi connectivity index (χ4v) is 5.16. The molecule has 2 aliphatic heterocycles. The molecule has 0 saturated carbocycles. The van der Waals surface area contributed by atoms with Crippen LogP contribution < -0.4 is 16.0 Å². The third kappa shape index (κ3) is 4.59. The Morgan fingerprint density at radius 2 is 2.11 bits per heavy atom. The molecule has 1 amide bonds. The zero-order chi connectivity index (χ0) is 26.2. The number of aromatic nitrogens is 3. The lowest BCUT2D eigenvalue weighted by Crippen LogP contribution is -2.23. The van der Waals surface area contributed by atoms with Crippen LogP contribution in [0, 0.1) is 5.82 Å². The van der Waals surface area contributed by atoms with E-state index >= 15 is 0 Å². The molecule has 0 spiro atoms. The van der Waals surface area contributed by atoms with E-state index in [2.05, 4.69) is 20.9 Å². The largest absolute Gasteiger partial charge is 0.381 e. The van der Waals surface area contributed by atoms with Crippen molar-refractivity contribution in [3.05, 3.63) is 77.0 Å². The molecule has 1 saturated heterocycles. The number of amides is 1. The topological polar surface area (TPSA) is 92.6 Å². The van der Waals surface area contributed by atoms with Crippen molar-refractivity contribution in [2.45, 2.75) is 31.9 Å². The number of nitrogens with zero attached hydrogens (tertiary/aromatic N) is 3. The maximum absolute atomic E-state index is 13.7. The second kappa shape index (κ2) is 10.1. The number of anilines is 2. The van der Waals surface area contributed by atoms with Crippen LogP contribution in [0.15, 0.2) is 48.8 Å². The van der Waals surface area contributed by atoms with Gasteiger partial charge in [-0.05, 0) is 35.7 Å². The van der Waals surface area contributed by atoms with Gasteiger partial charge in [-0.2, -0.15) is 0 Å². The number of hydrogen-bond acceptors (Lipinski definition) is 6. The lowest BCUT2D eigenvalue weighted by Gasteiger charge is -2.17. The first kappa shape index (κ1) is 24.4. The summed E-state index contributed by atoms with van der Waals surface area (Å²) in [6.45, 7) is 1.33. The van der Waals surface area contributed by atoms with Gasteiger partial charge in [-0.1, -0.05) is 12.1 Å². The van der Waals surface area contributed by atoms with Crippen LogP contribution in [0.5, 0.6) is 0 Å². The molecule has 196 valence electrons. The summed E-state index contributed by atoms with van der Waals surface area (Å²) in [6, 6.07) is 10.2. The van der Waals surface area contributed by atoms with Crippen LogP contribution >= 0.6 is 0 Å². The molecule has 38 heavy (non-hydrogen) atoms. The Morgan fingerprint density at radius 1 is 1.21 bits per heavy atom. The van der Waals surface area contributed by atoms with Gasteiger partial charge in [0.15, 0.2) is 0 Å². The van der Waals surface area contributed by atoms with E-state index in [1.807, 2.05) is 18.2 Å². The van der Waals surface area contributed by atoms with Crippen molar-refractivity contribution in [3.63, 3.8) is 0 Å². The first-order valence-corrected chi connectivity index (χ1v) is 12.4. The molecule has 0 radical (unpaired) electrons. The number of ether oxygens (including phenoxy) is 1. The maximum atomic E-state index is 13.7. The lowest BCUT2D eigenvalue weighted by atomic mass is 9.96. The van der Waals surface area contributed by atoms with Crippen LogP contribution in [0.3, 0.4) is 0 Å². The zero-order valence-corrected chi connectivity index (χ0v) is 20.3. The van der Waals surface area contributed by atoms with E-state index in [0.717, 1.165) is 28.8 Å². The molecular formula is C27H25F3N6O2. The molecule has 0 bridgehead atoms. The number of carbonyl (C=O) groups excluding carboxylic acids is 1. The lowest BCUT2D eigenvalue weighted by molar-refractivity contribution is 0.0966. The van der Waals surface area contributed by atoms with Gasteiger partial charge < -0.3 is 20.7 Å². The molecule has 11 heteroatoms. The molecule has 2 aliphatic rings. The Labute approximate surface area is 216 Å². The number of fused-ring (bicyclic) bond motifs is 2. The van der Waals surface area contributed by atoms with Gasteiger partial charge >= 0.3 is 0 Å². The van der Waals surface area contributed by atoms with Gasteiger partial charge in [0.05, 0.1) is 42.0 Å². The molecule has 5 heterocycles. The fraction of sp³-hybridized carbons (Fsp3) is 0.296. The van der Waals surface area contributed by atoms with E-state index < -0.39 is 13.0 Å². The van der Waals surface area contributed by atoms with Crippen LogP contribution in [0.1, 0.15) is 39.5 Å². The third-order valence-corrected chi connectivity index (χ3v) is 6.95. The highest BCUT2D eigenvalue weighted by molar-refractivity contribution is 6.06. The summed E-state index contributed by atoms with van der Waals surface area (Å²) < 4.78 is 46.4. The molecular weight excluding hydrogens is 497 g/mol.